The lowest BCUT2D eigenvalue weighted by atomic mass is 10.1. The summed E-state index contributed by atoms with van der Waals surface area (Å²) in [5.74, 6) is 1.69. The van der Waals surface area contributed by atoms with Gasteiger partial charge in [-0.2, -0.15) is 4.98 Å². The normalized spacial score (nSPS) is 20.4. The summed E-state index contributed by atoms with van der Waals surface area (Å²) in [6, 6.07) is 5.75. The molecule has 0 saturated carbocycles. The molecule has 1 aliphatic rings. The van der Waals surface area contributed by atoms with Gasteiger partial charge in [0, 0.05) is 31.7 Å². The third-order valence-corrected chi connectivity index (χ3v) is 4.33. The summed E-state index contributed by atoms with van der Waals surface area (Å²) in [5.41, 5.74) is 2.11. The number of aryl methyl sites for hydroxylation is 2. The molecule has 22 heavy (non-hydrogen) atoms. The Hall–Kier alpha value is -1.92. The van der Waals surface area contributed by atoms with Crippen molar-refractivity contribution >= 4 is 0 Å². The lowest BCUT2D eigenvalue weighted by Crippen LogP contribution is -2.46. The van der Waals surface area contributed by atoms with Crippen LogP contribution < -0.4 is 0 Å². The third kappa shape index (κ3) is 2.98. The number of phenolic OH excluding ortho intramolecular Hbond substituents is 1. The first kappa shape index (κ1) is 15.0. The number of piperazine rings is 1. The molecule has 3 rings (SSSR count). The Morgan fingerprint density at radius 1 is 1.32 bits per heavy atom. The molecule has 6 nitrogen and oxygen atoms in total. The number of rotatable bonds is 3. The fraction of sp³-hybridized carbons (Fsp3) is 0.500. The zero-order valence-corrected chi connectivity index (χ0v) is 13.3. The van der Waals surface area contributed by atoms with E-state index in [1.807, 2.05) is 26.0 Å². The van der Waals surface area contributed by atoms with Gasteiger partial charge in [-0.05, 0) is 32.5 Å². The van der Waals surface area contributed by atoms with Crippen molar-refractivity contribution in [2.45, 2.75) is 26.4 Å². The van der Waals surface area contributed by atoms with Crippen LogP contribution in [0.1, 0.15) is 28.9 Å². The molecule has 0 unspecified atom stereocenters. The number of phenols is 1. The molecule has 0 bridgehead atoms. The van der Waals surface area contributed by atoms with Crippen molar-refractivity contribution in [3.8, 4) is 5.75 Å². The molecule has 1 fully saturated rings. The van der Waals surface area contributed by atoms with Crippen LogP contribution in [0.2, 0.25) is 0 Å². The molecule has 2 aromatic rings. The summed E-state index contributed by atoms with van der Waals surface area (Å²) < 4.78 is 5.34. The van der Waals surface area contributed by atoms with Gasteiger partial charge in [-0.25, -0.2) is 0 Å². The lowest BCUT2D eigenvalue weighted by Gasteiger charge is -2.37. The predicted molar refractivity (Wildman–Crippen MR) is 82.5 cm³/mol. The number of aromatic hydroxyl groups is 1. The summed E-state index contributed by atoms with van der Waals surface area (Å²) in [4.78, 5) is 8.93. The molecule has 1 N–H and O–H groups in total. The highest BCUT2D eigenvalue weighted by atomic mass is 16.5. The summed E-state index contributed by atoms with van der Waals surface area (Å²) in [6.45, 7) is 7.29. The molecule has 1 atom stereocenters. The molecule has 118 valence electrons. The van der Waals surface area contributed by atoms with Crippen LogP contribution in [-0.4, -0.2) is 51.7 Å². The van der Waals surface area contributed by atoms with Gasteiger partial charge in [0.15, 0.2) is 5.82 Å². The first-order valence-corrected chi connectivity index (χ1v) is 7.55. The van der Waals surface area contributed by atoms with Gasteiger partial charge < -0.3 is 9.63 Å². The smallest absolute Gasteiger partial charge is 0.245 e. The zero-order valence-electron chi connectivity index (χ0n) is 13.3. The van der Waals surface area contributed by atoms with Gasteiger partial charge in [0.1, 0.15) is 11.8 Å². The Balaban J connectivity index is 1.76. The zero-order chi connectivity index (χ0) is 15.7. The van der Waals surface area contributed by atoms with E-state index in [9.17, 15) is 5.11 Å². The summed E-state index contributed by atoms with van der Waals surface area (Å²) in [6.07, 6.45) is 0. The monoisotopic (exact) mass is 302 g/mol. The summed E-state index contributed by atoms with van der Waals surface area (Å²) in [7, 11) is 2.08. The Kier molecular flexibility index (Phi) is 4.13. The Morgan fingerprint density at radius 3 is 2.82 bits per heavy atom. The lowest BCUT2D eigenvalue weighted by molar-refractivity contribution is 0.0709. The Morgan fingerprint density at radius 2 is 2.14 bits per heavy atom. The minimum absolute atomic E-state index is 0.0983. The molecule has 2 heterocycles. The van der Waals surface area contributed by atoms with E-state index >= 15 is 0 Å². The van der Waals surface area contributed by atoms with Crippen molar-refractivity contribution in [1.82, 2.24) is 19.9 Å². The molecular formula is C16H22N4O2. The SMILES string of the molecule is Cc1noc([C@@H]2CN(Cc3c(C)cccc3O)CCN2C)n1. The third-order valence-electron chi connectivity index (χ3n) is 4.33. The molecule has 0 aliphatic carbocycles. The maximum atomic E-state index is 10.1. The van der Waals surface area contributed by atoms with Gasteiger partial charge in [-0.3, -0.25) is 9.80 Å². The highest BCUT2D eigenvalue weighted by molar-refractivity contribution is 5.38. The molecule has 1 aromatic heterocycles. The van der Waals surface area contributed by atoms with Crippen LogP contribution in [0.3, 0.4) is 0 Å². The van der Waals surface area contributed by atoms with Crippen LogP contribution in [0.4, 0.5) is 0 Å². The van der Waals surface area contributed by atoms with Crippen molar-refractivity contribution in [2.24, 2.45) is 0 Å². The second kappa shape index (κ2) is 6.06. The average Bonchev–Trinajstić information content (AvgIpc) is 2.91. The highest BCUT2D eigenvalue weighted by Gasteiger charge is 2.30. The van der Waals surface area contributed by atoms with Crippen LogP contribution in [-0.2, 0) is 6.54 Å². The van der Waals surface area contributed by atoms with E-state index < -0.39 is 0 Å². The summed E-state index contributed by atoms with van der Waals surface area (Å²) in [5, 5.41) is 14.0. The molecule has 0 amide bonds. The van der Waals surface area contributed by atoms with Gasteiger partial charge in [0.25, 0.3) is 0 Å². The molecule has 1 aliphatic heterocycles. The van der Waals surface area contributed by atoms with Crippen molar-refractivity contribution in [3.05, 3.63) is 41.0 Å². The van der Waals surface area contributed by atoms with E-state index in [1.165, 1.54) is 0 Å². The van der Waals surface area contributed by atoms with Gasteiger partial charge in [-0.15, -0.1) is 0 Å². The summed E-state index contributed by atoms with van der Waals surface area (Å²) >= 11 is 0. The number of benzene rings is 1. The van der Waals surface area contributed by atoms with Crippen molar-refractivity contribution < 1.29 is 9.63 Å². The number of aromatic nitrogens is 2. The minimum atomic E-state index is 0.0983. The molecule has 1 aromatic carbocycles. The molecule has 0 radical (unpaired) electrons. The topological polar surface area (TPSA) is 65.6 Å². The van der Waals surface area contributed by atoms with Crippen LogP contribution in [0, 0.1) is 13.8 Å². The van der Waals surface area contributed by atoms with Gasteiger partial charge >= 0.3 is 0 Å². The van der Waals surface area contributed by atoms with Gasteiger partial charge in [-0.1, -0.05) is 17.3 Å². The molecule has 6 heteroatoms. The van der Waals surface area contributed by atoms with Crippen LogP contribution in [0.5, 0.6) is 5.75 Å². The number of hydrogen-bond donors (Lipinski definition) is 1. The number of likely N-dealkylation sites (N-methyl/N-ethyl adjacent to an activating group) is 1. The van der Waals surface area contributed by atoms with Crippen molar-refractivity contribution in [2.75, 3.05) is 26.7 Å². The largest absolute Gasteiger partial charge is 0.508 e. The van der Waals surface area contributed by atoms with E-state index in [4.69, 9.17) is 4.52 Å². The fourth-order valence-electron chi connectivity index (χ4n) is 2.91. The first-order chi connectivity index (χ1) is 10.5. The van der Waals surface area contributed by atoms with Crippen LogP contribution in [0.15, 0.2) is 22.7 Å². The minimum Gasteiger partial charge on any atom is -0.508 e. The van der Waals surface area contributed by atoms with Crippen LogP contribution >= 0.6 is 0 Å². The van der Waals surface area contributed by atoms with E-state index in [0.717, 1.165) is 37.3 Å². The molecule has 1 saturated heterocycles. The Bertz CT molecular complexity index is 635. The predicted octanol–water partition coefficient (Wildman–Crippen LogP) is 1.88. The highest BCUT2D eigenvalue weighted by Crippen LogP contribution is 2.27. The second-order valence-electron chi connectivity index (χ2n) is 5.98. The maximum Gasteiger partial charge on any atom is 0.245 e. The van der Waals surface area contributed by atoms with E-state index in [-0.39, 0.29) is 6.04 Å². The number of hydrogen-bond acceptors (Lipinski definition) is 6. The Labute approximate surface area is 130 Å². The van der Waals surface area contributed by atoms with Gasteiger partial charge in [0.05, 0.1) is 0 Å². The standard InChI is InChI=1S/C16H22N4O2/c1-11-5-4-6-15(21)13(11)9-20-8-7-19(3)14(10-20)16-17-12(2)18-22-16/h4-6,14,21H,7-10H2,1-3H3/t14-/m0/s1. The van der Waals surface area contributed by atoms with Crippen molar-refractivity contribution in [3.63, 3.8) is 0 Å². The second-order valence-corrected chi connectivity index (χ2v) is 5.98. The first-order valence-electron chi connectivity index (χ1n) is 7.55. The maximum absolute atomic E-state index is 10.1. The fourth-order valence-corrected chi connectivity index (χ4v) is 2.91. The van der Waals surface area contributed by atoms with E-state index in [1.54, 1.807) is 6.07 Å². The molecule has 0 spiro atoms. The van der Waals surface area contributed by atoms with E-state index in [2.05, 4.69) is 27.0 Å². The number of nitrogens with zero attached hydrogens (tertiary/aromatic N) is 4. The van der Waals surface area contributed by atoms with Crippen molar-refractivity contribution in [1.29, 1.82) is 0 Å². The van der Waals surface area contributed by atoms with E-state index in [0.29, 0.717) is 17.5 Å². The molecular weight excluding hydrogens is 280 g/mol. The van der Waals surface area contributed by atoms with Gasteiger partial charge in [0.2, 0.25) is 5.89 Å². The average molecular weight is 302 g/mol. The quantitative estimate of drug-likeness (QED) is 0.934. The van der Waals surface area contributed by atoms with Crippen LogP contribution in [0.25, 0.3) is 0 Å².